The highest BCUT2D eigenvalue weighted by atomic mass is 16.2. The van der Waals surface area contributed by atoms with Crippen molar-refractivity contribution in [3.05, 3.63) is 36.0 Å². The van der Waals surface area contributed by atoms with E-state index >= 15 is 0 Å². The number of rotatable bonds is 3. The molecular weight excluding hydrogens is 226 g/mol. The molecule has 1 aromatic carbocycles. The maximum Gasteiger partial charge on any atom is 0.227 e. The van der Waals surface area contributed by atoms with Crippen LogP contribution >= 0.6 is 0 Å². The van der Waals surface area contributed by atoms with Gasteiger partial charge in [0.2, 0.25) is 5.91 Å². The van der Waals surface area contributed by atoms with Gasteiger partial charge in [-0.3, -0.25) is 9.89 Å². The lowest BCUT2D eigenvalue weighted by atomic mass is 10.1. The van der Waals surface area contributed by atoms with Gasteiger partial charge in [0.25, 0.3) is 0 Å². The van der Waals surface area contributed by atoms with Crippen molar-refractivity contribution in [1.29, 1.82) is 0 Å². The minimum atomic E-state index is 0.137. The Morgan fingerprint density at radius 2 is 2.06 bits per heavy atom. The Hall–Kier alpha value is -2.10. The van der Waals surface area contributed by atoms with Gasteiger partial charge in [-0.15, -0.1) is 0 Å². The third kappa shape index (κ3) is 2.27. The number of nitrogens with zero attached hydrogens (tertiary/aromatic N) is 1. The predicted octanol–water partition coefficient (Wildman–Crippen LogP) is 2.73. The number of hydrogen-bond donors (Lipinski definition) is 2. The molecule has 1 aromatic heterocycles. The zero-order chi connectivity index (χ0) is 12.5. The van der Waals surface area contributed by atoms with E-state index in [0.717, 1.165) is 35.5 Å². The van der Waals surface area contributed by atoms with E-state index in [1.54, 1.807) is 0 Å². The van der Waals surface area contributed by atoms with Crippen LogP contribution in [0.2, 0.25) is 0 Å². The van der Waals surface area contributed by atoms with Crippen molar-refractivity contribution in [2.24, 2.45) is 5.92 Å². The number of carbonyl (C=O) groups is 1. The normalized spacial score (nSPS) is 14.5. The van der Waals surface area contributed by atoms with Gasteiger partial charge in [-0.1, -0.05) is 12.1 Å². The van der Waals surface area contributed by atoms with Crippen LogP contribution in [-0.4, -0.2) is 16.1 Å². The van der Waals surface area contributed by atoms with Gasteiger partial charge in [0.1, 0.15) is 0 Å². The largest absolute Gasteiger partial charge is 0.326 e. The van der Waals surface area contributed by atoms with E-state index in [1.165, 1.54) is 0 Å². The molecule has 1 aliphatic rings. The number of aryl methyl sites for hydroxylation is 1. The second-order valence-electron chi connectivity index (χ2n) is 4.78. The van der Waals surface area contributed by atoms with E-state index in [-0.39, 0.29) is 11.8 Å². The lowest BCUT2D eigenvalue weighted by Crippen LogP contribution is -2.12. The molecule has 1 heterocycles. The molecule has 0 atom stereocenters. The monoisotopic (exact) mass is 241 g/mol. The van der Waals surface area contributed by atoms with Gasteiger partial charge in [-0.25, -0.2) is 0 Å². The number of hydrogen-bond acceptors (Lipinski definition) is 2. The van der Waals surface area contributed by atoms with Crippen LogP contribution in [0.5, 0.6) is 0 Å². The quantitative estimate of drug-likeness (QED) is 0.868. The van der Waals surface area contributed by atoms with Crippen LogP contribution in [-0.2, 0) is 4.79 Å². The molecule has 92 valence electrons. The Balaban J connectivity index is 1.74. The molecule has 1 saturated carbocycles. The minimum Gasteiger partial charge on any atom is -0.326 e. The first-order valence-corrected chi connectivity index (χ1v) is 6.16. The molecule has 1 amide bonds. The van der Waals surface area contributed by atoms with Crippen LogP contribution in [0, 0.1) is 12.8 Å². The minimum absolute atomic E-state index is 0.137. The number of carbonyl (C=O) groups excluding carboxylic acids is 1. The maximum absolute atomic E-state index is 11.6. The summed E-state index contributed by atoms with van der Waals surface area (Å²) >= 11 is 0. The molecule has 1 aliphatic carbocycles. The Kier molecular flexibility index (Phi) is 2.63. The first kappa shape index (κ1) is 11.0. The number of amides is 1. The van der Waals surface area contributed by atoms with E-state index in [9.17, 15) is 4.79 Å². The van der Waals surface area contributed by atoms with Crippen LogP contribution in [0.3, 0.4) is 0 Å². The average molecular weight is 241 g/mol. The van der Waals surface area contributed by atoms with Gasteiger partial charge in [0.05, 0.1) is 5.69 Å². The first-order chi connectivity index (χ1) is 8.72. The lowest BCUT2D eigenvalue weighted by molar-refractivity contribution is -0.117. The summed E-state index contributed by atoms with van der Waals surface area (Å²) in [5.74, 6) is 0.372. The fourth-order valence-electron chi connectivity index (χ4n) is 1.88. The van der Waals surface area contributed by atoms with Crippen molar-refractivity contribution in [1.82, 2.24) is 10.2 Å². The Morgan fingerprint density at radius 1 is 1.33 bits per heavy atom. The summed E-state index contributed by atoms with van der Waals surface area (Å²) in [5.41, 5.74) is 3.86. The van der Waals surface area contributed by atoms with Crippen molar-refractivity contribution >= 4 is 11.6 Å². The molecule has 3 rings (SSSR count). The fraction of sp³-hybridized carbons (Fsp3) is 0.286. The third-order valence-electron chi connectivity index (χ3n) is 3.10. The molecule has 0 saturated heterocycles. The number of anilines is 1. The molecule has 0 unspecified atom stereocenters. The molecule has 0 radical (unpaired) electrons. The molecule has 18 heavy (non-hydrogen) atoms. The first-order valence-electron chi connectivity index (χ1n) is 6.16. The number of nitrogens with one attached hydrogen (secondary N) is 2. The molecule has 0 spiro atoms. The Labute approximate surface area is 105 Å². The zero-order valence-corrected chi connectivity index (χ0v) is 10.2. The van der Waals surface area contributed by atoms with Crippen molar-refractivity contribution < 1.29 is 4.79 Å². The lowest BCUT2D eigenvalue weighted by Gasteiger charge is -2.04. The maximum atomic E-state index is 11.6. The van der Waals surface area contributed by atoms with Crippen LogP contribution < -0.4 is 5.32 Å². The molecule has 1 fully saturated rings. The van der Waals surface area contributed by atoms with Gasteiger partial charge < -0.3 is 5.32 Å². The number of H-pyrrole nitrogens is 1. The topological polar surface area (TPSA) is 57.8 Å². The molecule has 4 heteroatoms. The molecule has 4 nitrogen and oxygen atoms in total. The summed E-state index contributed by atoms with van der Waals surface area (Å²) < 4.78 is 0. The molecular formula is C14H15N3O. The molecule has 2 aromatic rings. The molecule has 2 N–H and O–H groups in total. The Bertz CT molecular complexity index is 567. The summed E-state index contributed by atoms with van der Waals surface area (Å²) in [6.45, 7) is 1.97. The second kappa shape index (κ2) is 4.29. The summed E-state index contributed by atoms with van der Waals surface area (Å²) in [6.07, 6.45) is 2.05. The molecule has 0 bridgehead atoms. The SMILES string of the molecule is Cc1cc(-c2ccc(NC(=O)C3CC3)cc2)n[nH]1. The third-order valence-corrected chi connectivity index (χ3v) is 3.10. The van der Waals surface area contributed by atoms with Crippen LogP contribution in [0.15, 0.2) is 30.3 Å². The highest BCUT2D eigenvalue weighted by Gasteiger charge is 2.29. The highest BCUT2D eigenvalue weighted by molar-refractivity contribution is 5.94. The standard InChI is InChI=1S/C14H15N3O/c1-9-8-13(17-16-9)10-4-6-12(7-5-10)15-14(18)11-2-3-11/h4-8,11H,2-3H2,1H3,(H,15,18)(H,16,17). The smallest absolute Gasteiger partial charge is 0.227 e. The van der Waals surface area contributed by atoms with Gasteiger partial charge in [0.15, 0.2) is 0 Å². The summed E-state index contributed by atoms with van der Waals surface area (Å²) in [6, 6.07) is 9.77. The summed E-state index contributed by atoms with van der Waals surface area (Å²) in [4.78, 5) is 11.6. The van der Waals surface area contributed by atoms with Gasteiger partial charge >= 0.3 is 0 Å². The van der Waals surface area contributed by atoms with E-state index in [1.807, 2.05) is 37.3 Å². The highest BCUT2D eigenvalue weighted by Crippen LogP contribution is 2.30. The van der Waals surface area contributed by atoms with E-state index in [2.05, 4.69) is 15.5 Å². The number of aromatic nitrogens is 2. The summed E-state index contributed by atoms with van der Waals surface area (Å²) in [7, 11) is 0. The molecule has 0 aliphatic heterocycles. The Morgan fingerprint density at radius 3 is 2.61 bits per heavy atom. The predicted molar refractivity (Wildman–Crippen MR) is 70.1 cm³/mol. The van der Waals surface area contributed by atoms with Crippen LogP contribution in [0.25, 0.3) is 11.3 Å². The average Bonchev–Trinajstić information content (AvgIpc) is 3.13. The van der Waals surface area contributed by atoms with Gasteiger partial charge in [0, 0.05) is 22.9 Å². The van der Waals surface area contributed by atoms with Crippen molar-refractivity contribution in [2.75, 3.05) is 5.32 Å². The second-order valence-corrected chi connectivity index (χ2v) is 4.78. The van der Waals surface area contributed by atoms with Crippen molar-refractivity contribution in [2.45, 2.75) is 19.8 Å². The van der Waals surface area contributed by atoms with E-state index in [4.69, 9.17) is 0 Å². The van der Waals surface area contributed by atoms with E-state index < -0.39 is 0 Å². The van der Waals surface area contributed by atoms with Crippen molar-refractivity contribution in [3.8, 4) is 11.3 Å². The number of benzene rings is 1. The fourth-order valence-corrected chi connectivity index (χ4v) is 1.88. The van der Waals surface area contributed by atoms with Gasteiger partial charge in [-0.05, 0) is 38.0 Å². The van der Waals surface area contributed by atoms with Gasteiger partial charge in [-0.2, -0.15) is 5.10 Å². The number of aromatic amines is 1. The van der Waals surface area contributed by atoms with Crippen LogP contribution in [0.1, 0.15) is 18.5 Å². The van der Waals surface area contributed by atoms with Crippen molar-refractivity contribution in [3.63, 3.8) is 0 Å². The summed E-state index contributed by atoms with van der Waals surface area (Å²) in [5, 5.41) is 10.0. The zero-order valence-electron chi connectivity index (χ0n) is 10.2. The van der Waals surface area contributed by atoms with Crippen LogP contribution in [0.4, 0.5) is 5.69 Å². The van der Waals surface area contributed by atoms with E-state index in [0.29, 0.717) is 0 Å².